The van der Waals surface area contributed by atoms with Crippen LogP contribution in [0.4, 0.5) is 0 Å². The fourth-order valence-electron chi connectivity index (χ4n) is 7.35. The fraction of sp³-hybridized carbons (Fsp3) is 0.676. The summed E-state index contributed by atoms with van der Waals surface area (Å²) in [7, 11) is 0. The molecular formula is C37H56N8O6. The van der Waals surface area contributed by atoms with Crippen molar-refractivity contribution in [2.75, 3.05) is 13.1 Å². The Morgan fingerprint density at radius 2 is 1.73 bits per heavy atom. The first-order valence-corrected chi connectivity index (χ1v) is 18.2. The van der Waals surface area contributed by atoms with Crippen molar-refractivity contribution in [3.63, 3.8) is 0 Å². The number of hydrogen-bond acceptors (Lipinski definition) is 8. The molecule has 1 aliphatic heterocycles. The van der Waals surface area contributed by atoms with Crippen LogP contribution in [0, 0.1) is 22.7 Å². The topological polar surface area (TPSA) is 195 Å². The summed E-state index contributed by atoms with van der Waals surface area (Å²) in [6, 6.07) is -4.04. The summed E-state index contributed by atoms with van der Waals surface area (Å²) in [5.74, 6) is -3.72. The van der Waals surface area contributed by atoms with Crippen LogP contribution in [-0.4, -0.2) is 92.7 Å². The molecule has 14 heteroatoms. The first-order chi connectivity index (χ1) is 24.1. The highest BCUT2D eigenvalue weighted by Gasteiger charge is 2.48. The number of ketones is 1. The van der Waals surface area contributed by atoms with Gasteiger partial charge in [-0.25, -0.2) is 4.98 Å². The SMILES string of the molecule is C=CCNC(=O)C(=O)C(CC1CC1)NC(=O)[C@@H]1[C@@H](C=C(C)C)CCN1C(=O)[C@@H](NC(=O)[C@@H](NC(=O)c1ncn[nH]1)C1(C)CCCCC1)C(C)(C)C. The Morgan fingerprint density at radius 3 is 2.29 bits per heavy atom. The normalized spacial score (nSPS) is 21.7. The van der Waals surface area contributed by atoms with Crippen LogP contribution in [-0.2, 0) is 24.0 Å². The molecule has 1 aromatic rings. The van der Waals surface area contributed by atoms with Gasteiger partial charge in [-0.15, -0.1) is 6.58 Å². The summed E-state index contributed by atoms with van der Waals surface area (Å²) >= 11 is 0. The van der Waals surface area contributed by atoms with Gasteiger partial charge in [-0.1, -0.05) is 77.5 Å². The number of rotatable bonds is 15. The molecule has 5 N–H and O–H groups in total. The number of aromatic amines is 1. The predicted octanol–water partition coefficient (Wildman–Crippen LogP) is 2.74. The third-order valence-corrected chi connectivity index (χ3v) is 10.3. The van der Waals surface area contributed by atoms with Crippen molar-refractivity contribution in [1.29, 1.82) is 0 Å². The molecule has 0 bridgehead atoms. The van der Waals surface area contributed by atoms with Crippen molar-refractivity contribution in [3.8, 4) is 0 Å². The van der Waals surface area contributed by atoms with Gasteiger partial charge in [0.1, 0.15) is 24.5 Å². The number of hydrogen-bond donors (Lipinski definition) is 5. The minimum absolute atomic E-state index is 0.0245. The maximum atomic E-state index is 14.7. The van der Waals surface area contributed by atoms with Gasteiger partial charge in [0.25, 0.3) is 11.8 Å². The highest BCUT2D eigenvalue weighted by Crippen LogP contribution is 2.40. The molecule has 0 aromatic carbocycles. The molecule has 2 heterocycles. The van der Waals surface area contributed by atoms with Gasteiger partial charge >= 0.3 is 0 Å². The van der Waals surface area contributed by atoms with Gasteiger partial charge in [0.15, 0.2) is 0 Å². The average Bonchev–Trinajstić information content (AvgIpc) is 3.52. The van der Waals surface area contributed by atoms with Gasteiger partial charge in [0, 0.05) is 19.0 Å². The van der Waals surface area contributed by atoms with Crippen LogP contribution in [0.15, 0.2) is 30.6 Å². The monoisotopic (exact) mass is 708 g/mol. The van der Waals surface area contributed by atoms with E-state index in [4.69, 9.17) is 0 Å². The Balaban J connectivity index is 1.61. The number of carbonyl (C=O) groups is 6. The van der Waals surface area contributed by atoms with Crippen molar-refractivity contribution in [2.24, 2.45) is 22.7 Å². The molecule has 1 saturated heterocycles. The van der Waals surface area contributed by atoms with Gasteiger partial charge in [-0.3, -0.25) is 33.9 Å². The van der Waals surface area contributed by atoms with Crippen LogP contribution in [0.2, 0.25) is 0 Å². The zero-order chi connectivity index (χ0) is 37.5. The average molecular weight is 709 g/mol. The Bertz CT molecular complexity index is 1480. The summed E-state index contributed by atoms with van der Waals surface area (Å²) in [5, 5.41) is 17.5. The van der Waals surface area contributed by atoms with Crippen molar-refractivity contribution < 1.29 is 28.8 Å². The predicted molar refractivity (Wildman–Crippen MR) is 191 cm³/mol. The lowest BCUT2D eigenvalue weighted by atomic mass is 9.70. The van der Waals surface area contributed by atoms with E-state index in [1.807, 2.05) is 47.6 Å². The summed E-state index contributed by atoms with van der Waals surface area (Å²) < 4.78 is 0. The third-order valence-electron chi connectivity index (χ3n) is 10.3. The molecule has 1 unspecified atom stereocenters. The van der Waals surface area contributed by atoms with E-state index in [-0.39, 0.29) is 30.7 Å². The number of aromatic nitrogens is 3. The molecule has 3 fully saturated rings. The Labute approximate surface area is 300 Å². The van der Waals surface area contributed by atoms with Gasteiger partial charge in [-0.05, 0) is 56.3 Å². The number of Topliss-reactive ketones (excluding diaryl/α,β-unsaturated/α-hetero) is 1. The van der Waals surface area contributed by atoms with E-state index < -0.39 is 70.3 Å². The van der Waals surface area contributed by atoms with E-state index in [0.717, 1.165) is 37.7 Å². The number of carbonyl (C=O) groups excluding carboxylic acids is 6. The molecule has 3 aliphatic rings. The summed E-state index contributed by atoms with van der Waals surface area (Å²) in [4.78, 5) is 87.7. The number of likely N-dealkylation sites (tertiary alicyclic amines) is 1. The van der Waals surface area contributed by atoms with Gasteiger partial charge in [-0.2, -0.15) is 5.10 Å². The molecular weight excluding hydrogens is 652 g/mol. The molecule has 5 amide bonds. The van der Waals surface area contributed by atoms with E-state index in [0.29, 0.717) is 25.7 Å². The van der Waals surface area contributed by atoms with Crippen LogP contribution >= 0.6 is 0 Å². The highest BCUT2D eigenvalue weighted by atomic mass is 16.2. The van der Waals surface area contributed by atoms with Gasteiger partial charge < -0.3 is 26.2 Å². The van der Waals surface area contributed by atoms with Crippen LogP contribution < -0.4 is 21.3 Å². The Hall–Kier alpha value is -4.36. The zero-order valence-corrected chi connectivity index (χ0v) is 31.0. The zero-order valence-electron chi connectivity index (χ0n) is 31.0. The first kappa shape index (κ1) is 39.4. The second kappa shape index (κ2) is 16.8. The summed E-state index contributed by atoms with van der Waals surface area (Å²) in [6.45, 7) is 15.3. The fourth-order valence-corrected chi connectivity index (χ4v) is 7.35. The Morgan fingerprint density at radius 1 is 1.04 bits per heavy atom. The second-order valence-electron chi connectivity index (χ2n) is 16.0. The molecule has 2 saturated carbocycles. The van der Waals surface area contributed by atoms with Crippen molar-refractivity contribution in [1.82, 2.24) is 41.3 Å². The molecule has 4 rings (SSSR count). The largest absolute Gasteiger partial charge is 0.346 e. The van der Waals surface area contributed by atoms with Gasteiger partial charge in [0.05, 0.1) is 6.04 Å². The molecule has 2 aliphatic carbocycles. The highest BCUT2D eigenvalue weighted by molar-refractivity contribution is 6.38. The van der Waals surface area contributed by atoms with Crippen molar-refractivity contribution >= 4 is 35.3 Å². The number of nitrogens with zero attached hydrogens (tertiary/aromatic N) is 3. The van der Waals surface area contributed by atoms with Crippen LogP contribution in [0.25, 0.3) is 0 Å². The number of allylic oxidation sites excluding steroid dienone is 1. The quantitative estimate of drug-likeness (QED) is 0.136. The van der Waals surface area contributed by atoms with Gasteiger partial charge in [0.2, 0.25) is 29.3 Å². The van der Waals surface area contributed by atoms with E-state index >= 15 is 0 Å². The van der Waals surface area contributed by atoms with E-state index in [2.05, 4.69) is 43.0 Å². The molecule has 280 valence electrons. The molecule has 14 nitrogen and oxygen atoms in total. The minimum Gasteiger partial charge on any atom is -0.346 e. The van der Waals surface area contributed by atoms with E-state index in [9.17, 15) is 28.8 Å². The maximum Gasteiger partial charge on any atom is 0.289 e. The number of amides is 5. The lowest BCUT2D eigenvalue weighted by Crippen LogP contribution is -2.63. The smallest absolute Gasteiger partial charge is 0.289 e. The number of H-pyrrole nitrogens is 1. The van der Waals surface area contributed by atoms with E-state index in [1.165, 1.54) is 17.3 Å². The van der Waals surface area contributed by atoms with Crippen molar-refractivity contribution in [3.05, 3.63) is 36.5 Å². The molecule has 0 radical (unpaired) electrons. The summed E-state index contributed by atoms with van der Waals surface area (Å²) in [5.41, 5.74) is -0.397. The lowest BCUT2D eigenvalue weighted by Gasteiger charge is -2.42. The lowest BCUT2D eigenvalue weighted by molar-refractivity contribution is -0.146. The second-order valence-corrected chi connectivity index (χ2v) is 16.0. The molecule has 51 heavy (non-hydrogen) atoms. The third kappa shape index (κ3) is 10.1. The van der Waals surface area contributed by atoms with Crippen LogP contribution in [0.5, 0.6) is 0 Å². The van der Waals surface area contributed by atoms with Crippen LogP contribution in [0.3, 0.4) is 0 Å². The maximum absolute atomic E-state index is 14.7. The van der Waals surface area contributed by atoms with Crippen LogP contribution in [0.1, 0.15) is 110 Å². The van der Waals surface area contributed by atoms with E-state index in [1.54, 1.807) is 0 Å². The first-order valence-electron chi connectivity index (χ1n) is 18.2. The van der Waals surface area contributed by atoms with Crippen molar-refractivity contribution in [2.45, 2.75) is 123 Å². The molecule has 5 atom stereocenters. The minimum atomic E-state index is -1.06. The molecule has 0 spiro atoms. The molecule has 1 aromatic heterocycles. The standard InChI is InChI=1S/C37H56N8O6/c1-8-17-38-32(48)27(46)25(20-23-12-13-23)41-31(47)26-24(19-22(2)3)14-18-45(26)35(51)29(36(4,5)6)43-33(49)28(37(7)15-10-9-11-16-37)42-34(50)30-39-21-40-44-30/h8,19,21,23-26,28-29H,1,9-18,20H2,2-7H3,(H,38,48)(H,41,47)(H,42,50)(H,43,49)(H,39,40,44)/t24-,25?,26+,28-,29-/m1/s1. The Kier molecular flexibility index (Phi) is 13.0. The summed E-state index contributed by atoms with van der Waals surface area (Å²) in [6.07, 6.45) is 11.5. The number of nitrogens with one attached hydrogen (secondary N) is 5.